The summed E-state index contributed by atoms with van der Waals surface area (Å²) >= 11 is 0. The van der Waals surface area contributed by atoms with E-state index in [2.05, 4.69) is 67.7 Å². The number of hydrogen-bond donors (Lipinski definition) is 0. The second kappa shape index (κ2) is 12.5. The van der Waals surface area contributed by atoms with Crippen LogP contribution in [0.3, 0.4) is 0 Å². The minimum Gasteiger partial charge on any atom is -0.456 e. The molecule has 0 saturated carbocycles. The topological polar surface area (TPSA) is 80.3 Å². The quantitative estimate of drug-likeness (QED) is 0.165. The molecule has 228 valence electrons. The van der Waals surface area contributed by atoms with Crippen LogP contribution in [0.4, 0.5) is 0 Å². The van der Waals surface area contributed by atoms with Gasteiger partial charge in [-0.25, -0.2) is 0 Å². The van der Waals surface area contributed by atoms with Gasteiger partial charge in [0.15, 0.2) is 29.0 Å². The second-order valence-corrected chi connectivity index (χ2v) is 24.1. The molecule has 1 heterocycles. The van der Waals surface area contributed by atoms with Crippen molar-refractivity contribution >= 4 is 28.4 Å². The maximum absolute atomic E-state index is 13.9. The lowest BCUT2D eigenvalue weighted by Gasteiger charge is -2.52. The lowest BCUT2D eigenvalue weighted by atomic mass is 9.80. The van der Waals surface area contributed by atoms with Gasteiger partial charge in [0.2, 0.25) is 0 Å². The van der Waals surface area contributed by atoms with Gasteiger partial charge < -0.3 is 23.1 Å². The lowest BCUT2D eigenvalue weighted by Crippen LogP contribution is -2.66. The van der Waals surface area contributed by atoms with Gasteiger partial charge in [0.25, 0.3) is 0 Å². The Morgan fingerprint density at radius 2 is 1.30 bits per heavy atom. The van der Waals surface area contributed by atoms with Gasteiger partial charge in [0.05, 0.1) is 6.10 Å². The zero-order valence-corrected chi connectivity index (χ0v) is 29.3. The first-order valence-electron chi connectivity index (χ1n) is 14.4. The van der Waals surface area contributed by atoms with Crippen molar-refractivity contribution in [3.8, 4) is 0 Å². The Labute approximate surface area is 244 Å². The Hall–Kier alpha value is -1.37. The minimum absolute atomic E-state index is 0.0784. The Morgan fingerprint density at radius 1 is 0.825 bits per heavy atom. The summed E-state index contributed by atoms with van der Waals surface area (Å²) in [5.41, 5.74) is -0.478. The average molecular weight is 595 g/mol. The first-order valence-corrected chi connectivity index (χ1v) is 20.2. The fourth-order valence-corrected chi connectivity index (χ4v) is 6.80. The fourth-order valence-electron chi connectivity index (χ4n) is 4.22. The van der Waals surface area contributed by atoms with Gasteiger partial charge in [0, 0.05) is 7.11 Å². The largest absolute Gasteiger partial charge is 0.456 e. The highest BCUT2D eigenvalue weighted by Crippen LogP contribution is 2.44. The summed E-state index contributed by atoms with van der Waals surface area (Å²) in [6.07, 6.45) is -3.06. The van der Waals surface area contributed by atoms with E-state index in [0.717, 1.165) is 5.56 Å². The Kier molecular flexibility index (Phi) is 10.9. The molecule has 0 amide bonds. The molecule has 6 atom stereocenters. The van der Waals surface area contributed by atoms with E-state index in [0.29, 0.717) is 0 Å². The van der Waals surface area contributed by atoms with Gasteiger partial charge in [-0.1, -0.05) is 71.9 Å². The molecule has 7 nitrogen and oxygen atoms in total. The van der Waals surface area contributed by atoms with Crippen molar-refractivity contribution in [1.29, 1.82) is 0 Å². The first-order chi connectivity index (χ1) is 18.1. The molecule has 1 saturated heterocycles. The summed E-state index contributed by atoms with van der Waals surface area (Å²) in [5.74, 6) is -0.841. The van der Waals surface area contributed by atoms with E-state index < -0.39 is 58.7 Å². The van der Waals surface area contributed by atoms with Gasteiger partial charge >= 0.3 is 5.97 Å². The molecular formula is C31H54O7Si2. The van der Waals surface area contributed by atoms with Crippen LogP contribution >= 0.6 is 0 Å². The van der Waals surface area contributed by atoms with Crippen LogP contribution in [0, 0.1) is 5.41 Å². The Morgan fingerprint density at radius 3 is 1.73 bits per heavy atom. The van der Waals surface area contributed by atoms with Crippen molar-refractivity contribution < 1.29 is 32.7 Å². The maximum Gasteiger partial charge on any atom is 0.320 e. The number of hydrogen-bond acceptors (Lipinski definition) is 7. The molecule has 0 N–H and O–H groups in total. The van der Waals surface area contributed by atoms with E-state index in [9.17, 15) is 9.59 Å². The predicted octanol–water partition coefficient (Wildman–Crippen LogP) is 6.91. The number of esters is 1. The third kappa shape index (κ3) is 7.72. The molecule has 9 heteroatoms. The SMILES string of the molecule is CO[C@H]1O[C@H](C)[C@@H](OC(=O)[C@@](C)(Cc2ccccc2)C(C)=O)[C@H](O[Si](C)(C)C(C)(C)C)[C@H]1O[Si](C)(C)C(C)(C)C. The highest BCUT2D eigenvalue weighted by molar-refractivity contribution is 6.74. The molecule has 0 spiro atoms. The van der Waals surface area contributed by atoms with E-state index in [1.165, 1.54) is 6.92 Å². The van der Waals surface area contributed by atoms with E-state index >= 15 is 0 Å². The van der Waals surface area contributed by atoms with E-state index in [1.54, 1.807) is 14.0 Å². The monoisotopic (exact) mass is 594 g/mol. The van der Waals surface area contributed by atoms with Crippen molar-refractivity contribution in [2.45, 2.75) is 136 Å². The van der Waals surface area contributed by atoms with Crippen molar-refractivity contribution in [3.63, 3.8) is 0 Å². The van der Waals surface area contributed by atoms with Crippen LogP contribution in [0.15, 0.2) is 30.3 Å². The van der Waals surface area contributed by atoms with E-state index in [4.69, 9.17) is 23.1 Å². The highest BCUT2D eigenvalue weighted by atomic mass is 28.4. The molecule has 0 radical (unpaired) electrons. The molecule has 0 bridgehead atoms. The molecule has 1 aliphatic heterocycles. The van der Waals surface area contributed by atoms with Gasteiger partial charge in [-0.2, -0.15) is 0 Å². The number of ketones is 1. The molecule has 1 fully saturated rings. The van der Waals surface area contributed by atoms with Crippen LogP contribution < -0.4 is 0 Å². The smallest absolute Gasteiger partial charge is 0.320 e. The fraction of sp³-hybridized carbons (Fsp3) is 0.742. The number of carbonyl (C=O) groups excluding carboxylic acids is 2. The molecule has 40 heavy (non-hydrogen) atoms. The van der Waals surface area contributed by atoms with Crippen molar-refractivity contribution in [2.75, 3.05) is 7.11 Å². The number of carbonyl (C=O) groups is 2. The van der Waals surface area contributed by atoms with Crippen molar-refractivity contribution in [1.82, 2.24) is 0 Å². The summed E-state index contributed by atoms with van der Waals surface area (Å²) in [5, 5.41) is -0.181. The van der Waals surface area contributed by atoms with Gasteiger partial charge in [-0.3, -0.25) is 9.59 Å². The highest BCUT2D eigenvalue weighted by Gasteiger charge is 2.55. The zero-order valence-electron chi connectivity index (χ0n) is 27.3. The van der Waals surface area contributed by atoms with E-state index in [1.807, 2.05) is 37.3 Å². The third-order valence-electron chi connectivity index (χ3n) is 9.30. The normalized spacial score (nSPS) is 26.2. The molecule has 0 unspecified atom stereocenters. The maximum atomic E-state index is 13.9. The zero-order chi connectivity index (χ0) is 30.9. The van der Waals surface area contributed by atoms with Crippen LogP contribution in [-0.4, -0.2) is 66.2 Å². The van der Waals surface area contributed by atoms with Gasteiger partial charge in [-0.05, 0) is 69.0 Å². The van der Waals surface area contributed by atoms with Crippen LogP contribution in [0.5, 0.6) is 0 Å². The third-order valence-corrected chi connectivity index (χ3v) is 18.3. The van der Waals surface area contributed by atoms with E-state index in [-0.39, 0.29) is 22.3 Å². The Balaban J connectivity index is 2.57. The standard InChI is InChI=1S/C31H54O7Si2/c1-21-24(36-28(33)31(9,22(2)32)20-23-18-16-15-17-19-23)25(37-39(11,12)29(3,4)5)26(27(34-10)35-21)38-40(13,14)30(6,7)8/h15-19,21,24-27H,20H2,1-14H3/t21-,24-,25+,26-,27+,31+/m1/s1. The molecule has 2 rings (SSSR count). The minimum atomic E-state index is -2.38. The van der Waals surface area contributed by atoms with Gasteiger partial charge in [0.1, 0.15) is 23.4 Å². The summed E-state index contributed by atoms with van der Waals surface area (Å²) in [4.78, 5) is 26.9. The molecule has 1 aromatic carbocycles. The number of benzene rings is 1. The van der Waals surface area contributed by atoms with Gasteiger partial charge in [-0.15, -0.1) is 0 Å². The number of ether oxygens (including phenoxy) is 3. The molecule has 0 aliphatic carbocycles. The average Bonchev–Trinajstić information content (AvgIpc) is 2.81. The van der Waals surface area contributed by atoms with Crippen LogP contribution in [-0.2, 0) is 39.1 Å². The molecular weight excluding hydrogens is 541 g/mol. The molecule has 1 aromatic rings. The van der Waals surface area contributed by atoms with Crippen molar-refractivity contribution in [3.05, 3.63) is 35.9 Å². The summed E-state index contributed by atoms with van der Waals surface area (Å²) < 4.78 is 32.4. The number of rotatable bonds is 10. The summed E-state index contributed by atoms with van der Waals surface area (Å²) in [6.45, 7) is 26.7. The number of methoxy groups -OCH3 is 1. The lowest BCUT2D eigenvalue weighted by molar-refractivity contribution is -0.284. The molecule has 0 aromatic heterocycles. The summed E-state index contributed by atoms with van der Waals surface area (Å²) in [6, 6.07) is 9.53. The first kappa shape index (κ1) is 34.8. The van der Waals surface area contributed by atoms with Crippen LogP contribution in [0.25, 0.3) is 0 Å². The Bertz CT molecular complexity index is 1010. The van der Waals surface area contributed by atoms with Crippen molar-refractivity contribution in [2.24, 2.45) is 5.41 Å². The molecule has 1 aliphatic rings. The number of Topliss-reactive ketones (excluding diaryl/α,β-unsaturated/α-hetero) is 1. The predicted molar refractivity (Wildman–Crippen MR) is 164 cm³/mol. The van der Waals surface area contributed by atoms with Crippen LogP contribution in [0.1, 0.15) is 67.9 Å². The van der Waals surface area contributed by atoms with Crippen LogP contribution in [0.2, 0.25) is 36.3 Å². The summed E-state index contributed by atoms with van der Waals surface area (Å²) in [7, 11) is -3.11. The second-order valence-electron chi connectivity index (χ2n) is 14.6.